The van der Waals surface area contributed by atoms with Crippen LogP contribution in [-0.2, 0) is 6.54 Å². The average Bonchev–Trinajstić information content (AvgIpc) is 2.27. The number of hydrogen-bond acceptors (Lipinski definition) is 2. The maximum Gasteiger partial charge on any atom is 0.150 e. The summed E-state index contributed by atoms with van der Waals surface area (Å²) < 4.78 is 0. The van der Waals surface area contributed by atoms with Crippen molar-refractivity contribution in [3.05, 3.63) is 35.4 Å². The number of benzene rings is 1. The van der Waals surface area contributed by atoms with Crippen molar-refractivity contribution in [1.82, 2.24) is 4.90 Å². The van der Waals surface area contributed by atoms with E-state index in [9.17, 15) is 4.79 Å². The third kappa shape index (κ3) is 5.46. The number of nitrogens with zero attached hydrogens (tertiary/aromatic N) is 1. The quantitative estimate of drug-likeness (QED) is 0.686. The van der Waals surface area contributed by atoms with E-state index >= 15 is 0 Å². The molecule has 1 aromatic carbocycles. The molecule has 0 heterocycles. The Morgan fingerprint density at radius 1 is 1.11 bits per heavy atom. The van der Waals surface area contributed by atoms with Gasteiger partial charge in [-0.2, -0.15) is 0 Å². The molecule has 0 fully saturated rings. The van der Waals surface area contributed by atoms with Gasteiger partial charge in [-0.05, 0) is 23.5 Å². The first kappa shape index (κ1) is 14.9. The lowest BCUT2D eigenvalue weighted by molar-refractivity contribution is 0.112. The third-order valence-electron chi connectivity index (χ3n) is 2.74. The zero-order chi connectivity index (χ0) is 13.5. The summed E-state index contributed by atoms with van der Waals surface area (Å²) in [6, 6.07) is 7.90. The number of carbonyl (C=O) groups is 1. The molecule has 0 unspecified atom stereocenters. The average molecular weight is 247 g/mol. The van der Waals surface area contributed by atoms with Crippen molar-refractivity contribution in [2.45, 2.75) is 34.2 Å². The molecule has 0 aliphatic carbocycles. The van der Waals surface area contributed by atoms with E-state index in [4.69, 9.17) is 0 Å². The van der Waals surface area contributed by atoms with Gasteiger partial charge >= 0.3 is 0 Å². The molecule has 0 aliphatic heterocycles. The highest BCUT2D eigenvalue weighted by atomic mass is 16.1. The molecule has 100 valence electrons. The van der Waals surface area contributed by atoms with Crippen molar-refractivity contribution in [2.75, 3.05) is 13.1 Å². The van der Waals surface area contributed by atoms with Gasteiger partial charge in [0.25, 0.3) is 0 Å². The highest BCUT2D eigenvalue weighted by molar-refractivity contribution is 5.74. The summed E-state index contributed by atoms with van der Waals surface area (Å²) in [6.45, 7) is 12.1. The number of rotatable bonds is 7. The Kier molecular flexibility index (Phi) is 6.06. The molecule has 0 saturated carbocycles. The summed E-state index contributed by atoms with van der Waals surface area (Å²) in [5.74, 6) is 1.33. The van der Waals surface area contributed by atoms with Gasteiger partial charge in [-0.3, -0.25) is 9.69 Å². The fourth-order valence-electron chi connectivity index (χ4n) is 2.26. The molecular weight excluding hydrogens is 222 g/mol. The van der Waals surface area contributed by atoms with Crippen LogP contribution in [0.15, 0.2) is 24.3 Å². The predicted octanol–water partition coefficient (Wildman–Crippen LogP) is 3.61. The second-order valence-electron chi connectivity index (χ2n) is 5.84. The van der Waals surface area contributed by atoms with Crippen molar-refractivity contribution < 1.29 is 4.79 Å². The Bertz CT molecular complexity index is 361. The molecule has 0 N–H and O–H groups in total. The molecule has 18 heavy (non-hydrogen) atoms. The van der Waals surface area contributed by atoms with E-state index in [2.05, 4.69) is 38.7 Å². The fraction of sp³-hybridized carbons (Fsp3) is 0.562. The molecule has 0 bridgehead atoms. The SMILES string of the molecule is CC(C)CN(Cc1cccc(C=O)c1)CC(C)C. The Balaban J connectivity index is 2.71. The van der Waals surface area contributed by atoms with Crippen LogP contribution in [0.2, 0.25) is 0 Å². The van der Waals surface area contributed by atoms with Crippen molar-refractivity contribution in [1.29, 1.82) is 0 Å². The number of hydrogen-bond donors (Lipinski definition) is 0. The van der Waals surface area contributed by atoms with E-state index in [-0.39, 0.29) is 0 Å². The van der Waals surface area contributed by atoms with Gasteiger partial charge in [-0.25, -0.2) is 0 Å². The summed E-state index contributed by atoms with van der Waals surface area (Å²) in [4.78, 5) is 13.3. The summed E-state index contributed by atoms with van der Waals surface area (Å²) >= 11 is 0. The van der Waals surface area contributed by atoms with Gasteiger partial charge in [-0.15, -0.1) is 0 Å². The van der Waals surface area contributed by atoms with Gasteiger partial charge in [0.15, 0.2) is 0 Å². The molecule has 1 aromatic rings. The molecular formula is C16H25NO. The predicted molar refractivity (Wildman–Crippen MR) is 76.8 cm³/mol. The first-order chi connectivity index (χ1) is 8.51. The standard InChI is InChI=1S/C16H25NO/c1-13(2)9-17(10-14(3)4)11-15-6-5-7-16(8-15)12-18/h5-8,12-14H,9-11H2,1-4H3. The first-order valence-electron chi connectivity index (χ1n) is 6.77. The summed E-state index contributed by atoms with van der Waals surface area (Å²) in [5.41, 5.74) is 1.99. The minimum atomic E-state index is 0.665. The molecule has 0 aromatic heterocycles. The molecule has 0 amide bonds. The first-order valence-corrected chi connectivity index (χ1v) is 6.77. The van der Waals surface area contributed by atoms with Crippen LogP contribution >= 0.6 is 0 Å². The maximum absolute atomic E-state index is 10.8. The highest BCUT2D eigenvalue weighted by Crippen LogP contribution is 2.11. The molecule has 0 spiro atoms. The Labute approximate surface area is 111 Å². The van der Waals surface area contributed by atoms with Crippen LogP contribution in [0, 0.1) is 11.8 Å². The molecule has 0 aliphatic rings. The summed E-state index contributed by atoms with van der Waals surface area (Å²) in [5, 5.41) is 0. The normalized spacial score (nSPS) is 11.5. The van der Waals surface area contributed by atoms with Gasteiger partial charge in [-0.1, -0.05) is 45.9 Å². The monoisotopic (exact) mass is 247 g/mol. The fourth-order valence-corrected chi connectivity index (χ4v) is 2.26. The molecule has 1 rings (SSSR count). The van der Waals surface area contributed by atoms with E-state index < -0.39 is 0 Å². The summed E-state index contributed by atoms with van der Waals surface area (Å²) in [7, 11) is 0. The second kappa shape index (κ2) is 7.32. The van der Waals surface area contributed by atoms with Gasteiger partial charge < -0.3 is 0 Å². The van der Waals surface area contributed by atoms with E-state index in [1.54, 1.807) is 0 Å². The van der Waals surface area contributed by atoms with E-state index in [0.717, 1.165) is 31.5 Å². The van der Waals surface area contributed by atoms with Crippen LogP contribution in [-0.4, -0.2) is 24.3 Å². The topological polar surface area (TPSA) is 20.3 Å². The van der Waals surface area contributed by atoms with Crippen molar-refractivity contribution in [2.24, 2.45) is 11.8 Å². The molecule has 2 heteroatoms. The van der Waals surface area contributed by atoms with Crippen LogP contribution in [0.4, 0.5) is 0 Å². The van der Waals surface area contributed by atoms with Crippen LogP contribution in [0.25, 0.3) is 0 Å². The zero-order valence-electron chi connectivity index (χ0n) is 12.0. The van der Waals surface area contributed by atoms with Crippen LogP contribution in [0.5, 0.6) is 0 Å². The molecule has 0 saturated heterocycles. The zero-order valence-corrected chi connectivity index (χ0v) is 12.0. The molecule has 0 atom stereocenters. The van der Waals surface area contributed by atoms with Gasteiger partial charge in [0.05, 0.1) is 0 Å². The molecule has 2 nitrogen and oxygen atoms in total. The van der Waals surface area contributed by atoms with E-state index in [0.29, 0.717) is 11.8 Å². The Hall–Kier alpha value is -1.15. The van der Waals surface area contributed by atoms with Gasteiger partial charge in [0, 0.05) is 25.2 Å². The Morgan fingerprint density at radius 3 is 2.22 bits per heavy atom. The lowest BCUT2D eigenvalue weighted by Crippen LogP contribution is -2.30. The van der Waals surface area contributed by atoms with Gasteiger partial charge in [0.1, 0.15) is 6.29 Å². The van der Waals surface area contributed by atoms with Crippen molar-refractivity contribution in [3.63, 3.8) is 0 Å². The lowest BCUT2D eigenvalue weighted by Gasteiger charge is -2.26. The maximum atomic E-state index is 10.8. The van der Waals surface area contributed by atoms with Crippen molar-refractivity contribution >= 4 is 6.29 Å². The highest BCUT2D eigenvalue weighted by Gasteiger charge is 2.10. The number of aldehydes is 1. The third-order valence-corrected chi connectivity index (χ3v) is 2.74. The number of carbonyl (C=O) groups excluding carboxylic acids is 1. The second-order valence-corrected chi connectivity index (χ2v) is 5.84. The van der Waals surface area contributed by atoms with Crippen molar-refractivity contribution in [3.8, 4) is 0 Å². The summed E-state index contributed by atoms with van der Waals surface area (Å²) in [6.07, 6.45) is 0.915. The van der Waals surface area contributed by atoms with E-state index in [1.807, 2.05) is 18.2 Å². The minimum Gasteiger partial charge on any atom is -0.299 e. The largest absolute Gasteiger partial charge is 0.299 e. The van der Waals surface area contributed by atoms with Crippen LogP contribution in [0.3, 0.4) is 0 Å². The smallest absolute Gasteiger partial charge is 0.150 e. The van der Waals surface area contributed by atoms with Gasteiger partial charge in [0.2, 0.25) is 0 Å². The van der Waals surface area contributed by atoms with Crippen LogP contribution in [0.1, 0.15) is 43.6 Å². The Morgan fingerprint density at radius 2 is 1.72 bits per heavy atom. The van der Waals surface area contributed by atoms with Crippen LogP contribution < -0.4 is 0 Å². The lowest BCUT2D eigenvalue weighted by atomic mass is 10.1. The van der Waals surface area contributed by atoms with E-state index in [1.165, 1.54) is 5.56 Å². The minimum absolute atomic E-state index is 0.665. The molecule has 0 radical (unpaired) electrons.